The van der Waals surface area contributed by atoms with Gasteiger partial charge in [-0.1, -0.05) is 5.16 Å². The molecule has 2 aromatic heterocycles. The Bertz CT molecular complexity index is 603. The zero-order valence-electron chi connectivity index (χ0n) is 12.0. The van der Waals surface area contributed by atoms with Gasteiger partial charge in [0.1, 0.15) is 5.76 Å². The Morgan fingerprint density at radius 3 is 2.57 bits per heavy atom. The van der Waals surface area contributed by atoms with Crippen LogP contribution in [0.4, 0.5) is 0 Å². The van der Waals surface area contributed by atoms with E-state index in [2.05, 4.69) is 15.0 Å². The normalized spacial score (nSPS) is 16.1. The van der Waals surface area contributed by atoms with Gasteiger partial charge in [-0.25, -0.2) is 0 Å². The van der Waals surface area contributed by atoms with Crippen LogP contribution in [0.25, 0.3) is 0 Å². The van der Waals surface area contributed by atoms with Crippen molar-refractivity contribution in [2.24, 2.45) is 0 Å². The number of amides is 1. The van der Waals surface area contributed by atoms with Crippen molar-refractivity contribution < 1.29 is 9.32 Å². The second-order valence-corrected chi connectivity index (χ2v) is 5.21. The first-order chi connectivity index (χ1) is 10.2. The van der Waals surface area contributed by atoms with Crippen LogP contribution in [-0.2, 0) is 6.54 Å². The highest BCUT2D eigenvalue weighted by Gasteiger charge is 2.22. The first-order valence-corrected chi connectivity index (χ1v) is 7.06. The summed E-state index contributed by atoms with van der Waals surface area (Å²) in [5, 5.41) is 3.80. The molecular formula is C15H18N4O2. The van der Waals surface area contributed by atoms with Crippen molar-refractivity contribution in [1.29, 1.82) is 0 Å². The Kier molecular flexibility index (Phi) is 3.96. The fourth-order valence-corrected chi connectivity index (χ4v) is 2.50. The predicted octanol–water partition coefficient (Wildman–Crippen LogP) is 1.34. The molecule has 0 bridgehead atoms. The van der Waals surface area contributed by atoms with Gasteiger partial charge in [0.05, 0.1) is 6.20 Å². The van der Waals surface area contributed by atoms with Crippen molar-refractivity contribution in [2.75, 3.05) is 26.2 Å². The van der Waals surface area contributed by atoms with Crippen LogP contribution in [0.15, 0.2) is 35.2 Å². The molecule has 6 nitrogen and oxygen atoms in total. The molecule has 0 unspecified atom stereocenters. The number of aryl methyl sites for hydroxylation is 1. The van der Waals surface area contributed by atoms with Gasteiger partial charge >= 0.3 is 0 Å². The lowest BCUT2D eigenvalue weighted by Crippen LogP contribution is -2.48. The molecule has 3 heterocycles. The number of carbonyl (C=O) groups is 1. The van der Waals surface area contributed by atoms with Gasteiger partial charge in [-0.3, -0.25) is 14.7 Å². The number of nitrogens with zero attached hydrogens (tertiary/aromatic N) is 4. The van der Waals surface area contributed by atoms with Crippen LogP contribution >= 0.6 is 0 Å². The summed E-state index contributed by atoms with van der Waals surface area (Å²) < 4.78 is 5.08. The van der Waals surface area contributed by atoms with E-state index >= 15 is 0 Å². The minimum atomic E-state index is 0.0817. The number of piperazine rings is 1. The van der Waals surface area contributed by atoms with Crippen LogP contribution in [0.5, 0.6) is 0 Å². The van der Waals surface area contributed by atoms with Crippen LogP contribution in [0.1, 0.15) is 21.7 Å². The summed E-state index contributed by atoms with van der Waals surface area (Å²) in [5.41, 5.74) is 1.82. The molecule has 0 aromatic carbocycles. The van der Waals surface area contributed by atoms with Crippen molar-refractivity contribution in [1.82, 2.24) is 19.9 Å². The zero-order valence-corrected chi connectivity index (χ0v) is 12.0. The molecule has 110 valence electrons. The number of rotatable bonds is 3. The van der Waals surface area contributed by atoms with Crippen molar-refractivity contribution in [3.05, 3.63) is 47.6 Å². The molecule has 0 atom stereocenters. The lowest BCUT2D eigenvalue weighted by molar-refractivity contribution is 0.0627. The standard InChI is InChI=1S/C15H18N4O2/c1-12-14(10-17-21-12)11-18-6-8-19(9-7-18)15(20)13-2-4-16-5-3-13/h2-5,10H,6-9,11H2,1H3. The predicted molar refractivity (Wildman–Crippen MR) is 76.7 cm³/mol. The second kappa shape index (κ2) is 6.05. The number of pyridine rings is 1. The van der Waals surface area contributed by atoms with Crippen LogP contribution < -0.4 is 0 Å². The lowest BCUT2D eigenvalue weighted by atomic mass is 10.2. The van der Waals surface area contributed by atoms with E-state index < -0.39 is 0 Å². The molecular weight excluding hydrogens is 268 g/mol. The summed E-state index contributed by atoms with van der Waals surface area (Å²) in [4.78, 5) is 20.5. The average Bonchev–Trinajstić information content (AvgIpc) is 2.93. The molecule has 0 N–H and O–H groups in total. The van der Waals surface area contributed by atoms with Gasteiger partial charge in [0.15, 0.2) is 0 Å². The molecule has 2 aromatic rings. The van der Waals surface area contributed by atoms with Gasteiger partial charge in [0.25, 0.3) is 5.91 Å². The Balaban J connectivity index is 1.56. The van der Waals surface area contributed by atoms with E-state index in [0.29, 0.717) is 5.56 Å². The quantitative estimate of drug-likeness (QED) is 0.852. The Hall–Kier alpha value is -2.21. The monoisotopic (exact) mass is 286 g/mol. The molecule has 21 heavy (non-hydrogen) atoms. The van der Waals surface area contributed by atoms with E-state index in [1.165, 1.54) is 0 Å². The summed E-state index contributed by atoms with van der Waals surface area (Å²) in [6.07, 6.45) is 5.07. The molecule has 3 rings (SSSR count). The van der Waals surface area contributed by atoms with E-state index in [1.54, 1.807) is 30.7 Å². The van der Waals surface area contributed by atoms with E-state index in [4.69, 9.17) is 4.52 Å². The minimum Gasteiger partial charge on any atom is -0.361 e. The maximum Gasteiger partial charge on any atom is 0.254 e. The topological polar surface area (TPSA) is 62.5 Å². The van der Waals surface area contributed by atoms with Gasteiger partial charge in [-0.05, 0) is 19.1 Å². The zero-order chi connectivity index (χ0) is 14.7. The molecule has 0 saturated carbocycles. The molecule has 0 spiro atoms. The number of aromatic nitrogens is 2. The third kappa shape index (κ3) is 3.11. The van der Waals surface area contributed by atoms with Gasteiger partial charge in [0.2, 0.25) is 0 Å². The maximum atomic E-state index is 12.3. The Labute approximate surface area is 123 Å². The second-order valence-electron chi connectivity index (χ2n) is 5.21. The Morgan fingerprint density at radius 2 is 1.95 bits per heavy atom. The molecule has 1 fully saturated rings. The largest absolute Gasteiger partial charge is 0.361 e. The van der Waals surface area contributed by atoms with Crippen LogP contribution in [0.2, 0.25) is 0 Å². The molecule has 6 heteroatoms. The minimum absolute atomic E-state index is 0.0817. The first-order valence-electron chi connectivity index (χ1n) is 7.06. The number of hydrogen-bond donors (Lipinski definition) is 0. The van der Waals surface area contributed by atoms with Crippen LogP contribution in [0.3, 0.4) is 0 Å². The highest BCUT2D eigenvalue weighted by molar-refractivity contribution is 5.94. The molecule has 1 amide bonds. The summed E-state index contributed by atoms with van der Waals surface area (Å²) in [6, 6.07) is 3.52. The van der Waals surface area contributed by atoms with Gasteiger partial charge in [-0.15, -0.1) is 0 Å². The number of carbonyl (C=O) groups excluding carboxylic acids is 1. The summed E-state index contributed by atoms with van der Waals surface area (Å²) >= 11 is 0. The fraction of sp³-hybridized carbons (Fsp3) is 0.400. The SMILES string of the molecule is Cc1oncc1CN1CCN(C(=O)c2ccncc2)CC1. The molecule has 1 aliphatic heterocycles. The summed E-state index contributed by atoms with van der Waals surface area (Å²) in [6.45, 7) is 5.96. The third-order valence-corrected chi connectivity index (χ3v) is 3.83. The molecule has 1 aliphatic rings. The third-order valence-electron chi connectivity index (χ3n) is 3.83. The van der Waals surface area contributed by atoms with Crippen LogP contribution in [-0.4, -0.2) is 52.0 Å². The van der Waals surface area contributed by atoms with Crippen molar-refractivity contribution in [3.63, 3.8) is 0 Å². The molecule has 1 saturated heterocycles. The van der Waals surface area contributed by atoms with Gasteiger partial charge < -0.3 is 9.42 Å². The van der Waals surface area contributed by atoms with Crippen molar-refractivity contribution in [2.45, 2.75) is 13.5 Å². The smallest absolute Gasteiger partial charge is 0.254 e. The lowest BCUT2D eigenvalue weighted by Gasteiger charge is -2.34. The Morgan fingerprint density at radius 1 is 1.24 bits per heavy atom. The van der Waals surface area contributed by atoms with Crippen LogP contribution in [0, 0.1) is 6.92 Å². The fourth-order valence-electron chi connectivity index (χ4n) is 2.50. The van der Waals surface area contributed by atoms with E-state index in [1.807, 2.05) is 11.8 Å². The number of hydrogen-bond acceptors (Lipinski definition) is 5. The highest BCUT2D eigenvalue weighted by atomic mass is 16.5. The van der Waals surface area contributed by atoms with Gasteiger partial charge in [0, 0.05) is 56.2 Å². The average molecular weight is 286 g/mol. The summed E-state index contributed by atoms with van der Waals surface area (Å²) in [7, 11) is 0. The molecule has 0 aliphatic carbocycles. The van der Waals surface area contributed by atoms with Crippen molar-refractivity contribution in [3.8, 4) is 0 Å². The first kappa shape index (κ1) is 13.8. The maximum absolute atomic E-state index is 12.3. The van der Waals surface area contributed by atoms with E-state index in [9.17, 15) is 4.79 Å². The van der Waals surface area contributed by atoms with Gasteiger partial charge in [-0.2, -0.15) is 0 Å². The molecule has 0 radical (unpaired) electrons. The summed E-state index contributed by atoms with van der Waals surface area (Å²) in [5.74, 6) is 0.948. The van der Waals surface area contributed by atoms with E-state index in [0.717, 1.165) is 44.0 Å². The highest BCUT2D eigenvalue weighted by Crippen LogP contribution is 2.13. The van der Waals surface area contributed by atoms with Crippen molar-refractivity contribution >= 4 is 5.91 Å². The van der Waals surface area contributed by atoms with E-state index in [-0.39, 0.29) is 5.91 Å².